The largest absolute Gasteiger partial charge is 0.350 e. The minimum Gasteiger partial charge on any atom is -0.350 e. The molecule has 1 aliphatic heterocycles. The number of nitrogens with zero attached hydrogens (tertiary/aromatic N) is 1. The van der Waals surface area contributed by atoms with Gasteiger partial charge in [0.1, 0.15) is 0 Å². The van der Waals surface area contributed by atoms with Crippen LogP contribution in [-0.4, -0.2) is 42.7 Å². The number of nitrogens with one attached hydrogen (secondary N) is 2. The fraction of sp³-hybridized carbons (Fsp3) is 0.385. The number of aryl methyl sites for hydroxylation is 1. The van der Waals surface area contributed by atoms with Crippen LogP contribution in [0.5, 0.6) is 0 Å². The van der Waals surface area contributed by atoms with E-state index in [2.05, 4.69) is 17.2 Å². The molecule has 0 aliphatic carbocycles. The number of sulfonamides is 1. The summed E-state index contributed by atoms with van der Waals surface area (Å²) >= 11 is 0. The molecule has 8 heteroatoms. The highest BCUT2D eigenvalue weighted by Crippen LogP contribution is 2.26. The fourth-order valence-corrected chi connectivity index (χ4v) is 5.85. The van der Waals surface area contributed by atoms with E-state index in [1.54, 1.807) is 6.07 Å². The maximum absolute atomic E-state index is 13.2. The molecule has 4 rings (SSSR count). The van der Waals surface area contributed by atoms with Crippen molar-refractivity contribution in [1.82, 2.24) is 14.6 Å². The summed E-state index contributed by atoms with van der Waals surface area (Å²) in [4.78, 5) is 28.1. The van der Waals surface area contributed by atoms with E-state index in [0.29, 0.717) is 29.9 Å². The average Bonchev–Trinajstić information content (AvgIpc) is 2.82. The number of carbonyl (C=O) groups excluding carboxylic acids is 1. The highest BCUT2D eigenvalue weighted by Gasteiger charge is 2.28. The molecular formula is C26H31N3O4S. The summed E-state index contributed by atoms with van der Waals surface area (Å²) in [6, 6.07) is 15.7. The van der Waals surface area contributed by atoms with E-state index in [4.69, 9.17) is 0 Å². The molecule has 1 fully saturated rings. The Morgan fingerprint density at radius 3 is 2.53 bits per heavy atom. The first-order chi connectivity index (χ1) is 16.2. The Balaban J connectivity index is 1.58. The molecule has 2 aromatic carbocycles. The third-order valence-electron chi connectivity index (χ3n) is 6.53. The van der Waals surface area contributed by atoms with Gasteiger partial charge in [-0.2, -0.15) is 4.31 Å². The summed E-state index contributed by atoms with van der Waals surface area (Å²) in [5.41, 5.74) is 1.39. The zero-order chi connectivity index (χ0) is 24.3. The van der Waals surface area contributed by atoms with E-state index >= 15 is 0 Å². The topological polar surface area (TPSA) is 99.3 Å². The molecule has 180 valence electrons. The summed E-state index contributed by atoms with van der Waals surface area (Å²) in [6.07, 6.45) is 3.21. The van der Waals surface area contributed by atoms with Gasteiger partial charge in [-0.1, -0.05) is 37.3 Å². The molecule has 0 unspecified atom stereocenters. The number of rotatable bonds is 7. The number of carbonyl (C=O) groups is 1. The number of pyridine rings is 1. The number of aromatic nitrogens is 1. The third-order valence-corrected chi connectivity index (χ3v) is 8.42. The molecule has 7 nitrogen and oxygen atoms in total. The van der Waals surface area contributed by atoms with Gasteiger partial charge in [-0.05, 0) is 62.3 Å². The molecule has 0 saturated carbocycles. The van der Waals surface area contributed by atoms with Crippen LogP contribution in [0.25, 0.3) is 10.9 Å². The van der Waals surface area contributed by atoms with Gasteiger partial charge in [-0.3, -0.25) is 9.59 Å². The van der Waals surface area contributed by atoms with E-state index in [0.717, 1.165) is 25.7 Å². The van der Waals surface area contributed by atoms with E-state index in [1.165, 1.54) is 28.1 Å². The van der Waals surface area contributed by atoms with Gasteiger partial charge >= 0.3 is 0 Å². The zero-order valence-electron chi connectivity index (χ0n) is 19.6. The van der Waals surface area contributed by atoms with Crippen molar-refractivity contribution in [2.75, 3.05) is 13.1 Å². The van der Waals surface area contributed by atoms with Gasteiger partial charge in [0.25, 0.3) is 5.91 Å². The molecule has 1 aliphatic rings. The molecule has 1 aromatic heterocycles. The average molecular weight is 482 g/mol. The van der Waals surface area contributed by atoms with Crippen LogP contribution < -0.4 is 10.9 Å². The van der Waals surface area contributed by atoms with Gasteiger partial charge in [-0.15, -0.1) is 0 Å². The smallest absolute Gasteiger partial charge is 0.252 e. The second kappa shape index (κ2) is 10.1. The van der Waals surface area contributed by atoms with Crippen LogP contribution in [-0.2, 0) is 16.4 Å². The van der Waals surface area contributed by atoms with Crippen molar-refractivity contribution in [3.8, 4) is 0 Å². The van der Waals surface area contributed by atoms with Gasteiger partial charge < -0.3 is 10.3 Å². The predicted octanol–water partition coefficient (Wildman–Crippen LogP) is 3.70. The number of H-pyrrole nitrogens is 1. The standard InChI is InChI=1S/C26H31N3O4S/c1-18-12-14-29(15-13-18)34(32,33)21-10-11-24-22(16-21)23(17-25(30)28-24)26(31)27-19(2)8-9-20-6-4-3-5-7-20/h3-7,10-11,16-19H,8-9,12-15H2,1-2H3,(H,27,31)(H,28,30)/t19-/m0/s1. The highest BCUT2D eigenvalue weighted by atomic mass is 32.2. The summed E-state index contributed by atoms with van der Waals surface area (Å²) in [5.74, 6) is 0.116. The lowest BCUT2D eigenvalue weighted by Crippen LogP contribution is -2.37. The number of fused-ring (bicyclic) bond motifs is 1. The zero-order valence-corrected chi connectivity index (χ0v) is 20.4. The van der Waals surface area contributed by atoms with Gasteiger partial charge in [0, 0.05) is 36.1 Å². The third kappa shape index (κ3) is 5.39. The fourth-order valence-electron chi connectivity index (χ4n) is 4.36. The first kappa shape index (κ1) is 24.2. The number of piperidine rings is 1. The molecule has 0 bridgehead atoms. The van der Waals surface area contributed by atoms with Crippen molar-refractivity contribution >= 4 is 26.8 Å². The molecule has 1 atom stereocenters. The van der Waals surface area contributed by atoms with E-state index in [-0.39, 0.29) is 16.5 Å². The van der Waals surface area contributed by atoms with Crippen LogP contribution in [0.1, 0.15) is 49.0 Å². The quantitative estimate of drug-likeness (QED) is 0.537. The second-order valence-electron chi connectivity index (χ2n) is 9.24. The minimum absolute atomic E-state index is 0.121. The Bertz CT molecular complexity index is 1330. The number of benzene rings is 2. The van der Waals surface area contributed by atoms with Gasteiger partial charge in [0.2, 0.25) is 15.6 Å². The Morgan fingerprint density at radius 1 is 1.12 bits per heavy atom. The lowest BCUT2D eigenvalue weighted by Gasteiger charge is -2.29. The van der Waals surface area contributed by atoms with E-state index in [1.807, 2.05) is 37.3 Å². The lowest BCUT2D eigenvalue weighted by molar-refractivity contribution is 0.0940. The maximum Gasteiger partial charge on any atom is 0.252 e. The monoisotopic (exact) mass is 481 g/mol. The first-order valence-electron chi connectivity index (χ1n) is 11.8. The molecule has 0 radical (unpaired) electrons. The number of hydrogen-bond acceptors (Lipinski definition) is 4. The van der Waals surface area contributed by atoms with Crippen molar-refractivity contribution in [1.29, 1.82) is 0 Å². The maximum atomic E-state index is 13.2. The van der Waals surface area contributed by atoms with Crippen molar-refractivity contribution < 1.29 is 13.2 Å². The number of aromatic amines is 1. The molecule has 1 amide bonds. The number of amides is 1. The molecule has 2 N–H and O–H groups in total. The van der Waals surface area contributed by atoms with Gasteiger partial charge in [0.15, 0.2) is 0 Å². The first-order valence-corrected chi connectivity index (χ1v) is 13.2. The summed E-state index contributed by atoms with van der Waals surface area (Å²) in [5, 5.41) is 3.38. The van der Waals surface area contributed by atoms with E-state index < -0.39 is 21.5 Å². The van der Waals surface area contributed by atoms with Crippen molar-refractivity contribution in [2.24, 2.45) is 5.92 Å². The molecule has 1 saturated heterocycles. The molecule has 2 heterocycles. The van der Waals surface area contributed by atoms with Crippen LogP contribution in [0.2, 0.25) is 0 Å². The highest BCUT2D eigenvalue weighted by molar-refractivity contribution is 7.89. The molecule has 34 heavy (non-hydrogen) atoms. The molecule has 3 aromatic rings. The van der Waals surface area contributed by atoms with Gasteiger partial charge in [0.05, 0.1) is 10.5 Å². The second-order valence-corrected chi connectivity index (χ2v) is 11.2. The van der Waals surface area contributed by atoms with Crippen molar-refractivity contribution in [2.45, 2.75) is 50.5 Å². The van der Waals surface area contributed by atoms with Crippen LogP contribution in [0.4, 0.5) is 0 Å². The SMILES string of the molecule is CC1CCN(S(=O)(=O)c2ccc3[nH]c(=O)cc(C(=O)N[C@@H](C)CCc4ccccc4)c3c2)CC1. The number of hydrogen-bond donors (Lipinski definition) is 2. The summed E-state index contributed by atoms with van der Waals surface area (Å²) in [6.45, 7) is 5.02. The van der Waals surface area contributed by atoms with Crippen LogP contribution in [0, 0.1) is 5.92 Å². The Kier molecular flexibility index (Phi) is 7.19. The Hall–Kier alpha value is -2.97. The molecular weight excluding hydrogens is 450 g/mol. The van der Waals surface area contributed by atoms with Gasteiger partial charge in [-0.25, -0.2) is 8.42 Å². The normalized spacial score (nSPS) is 16.4. The van der Waals surface area contributed by atoms with Crippen LogP contribution >= 0.6 is 0 Å². The lowest BCUT2D eigenvalue weighted by atomic mass is 10.0. The Labute approximate surface area is 200 Å². The minimum atomic E-state index is -3.68. The van der Waals surface area contributed by atoms with Crippen molar-refractivity contribution in [3.63, 3.8) is 0 Å². The molecule has 0 spiro atoms. The summed E-state index contributed by atoms with van der Waals surface area (Å²) in [7, 11) is -3.68. The predicted molar refractivity (Wildman–Crippen MR) is 133 cm³/mol. The Morgan fingerprint density at radius 2 is 1.82 bits per heavy atom. The summed E-state index contributed by atoms with van der Waals surface area (Å²) < 4.78 is 28.0. The van der Waals surface area contributed by atoms with E-state index in [9.17, 15) is 18.0 Å². The van der Waals surface area contributed by atoms with Crippen LogP contribution in [0.3, 0.4) is 0 Å². The van der Waals surface area contributed by atoms with Crippen LogP contribution in [0.15, 0.2) is 64.3 Å². The van der Waals surface area contributed by atoms with Crippen molar-refractivity contribution in [3.05, 3.63) is 76.1 Å².